The quantitative estimate of drug-likeness (QED) is 0.561. The summed E-state index contributed by atoms with van der Waals surface area (Å²) in [5.41, 5.74) is 1.55. The van der Waals surface area contributed by atoms with Gasteiger partial charge in [-0.2, -0.15) is 4.98 Å². The zero-order chi connectivity index (χ0) is 18.3. The molecule has 0 aliphatic heterocycles. The number of halogens is 1. The van der Waals surface area contributed by atoms with Crippen LogP contribution in [0.3, 0.4) is 0 Å². The maximum absolute atomic E-state index is 11.7. The molecule has 0 aliphatic carbocycles. The SMILES string of the molecule is Cn1c(=O)c(=O)[nH]c2cc(-c3noc(Cc4ccc(Cl)cc4)n3)ccc21. The zero-order valence-electron chi connectivity index (χ0n) is 13.7. The number of hydrogen-bond acceptors (Lipinski definition) is 5. The summed E-state index contributed by atoms with van der Waals surface area (Å²) in [6.45, 7) is 0. The van der Waals surface area contributed by atoms with Crippen LogP contribution in [0.2, 0.25) is 5.02 Å². The van der Waals surface area contributed by atoms with Gasteiger partial charge in [0.25, 0.3) is 0 Å². The van der Waals surface area contributed by atoms with Gasteiger partial charge in [-0.15, -0.1) is 0 Å². The Morgan fingerprint density at radius 1 is 1.15 bits per heavy atom. The van der Waals surface area contributed by atoms with E-state index in [0.29, 0.717) is 39.8 Å². The summed E-state index contributed by atoms with van der Waals surface area (Å²) >= 11 is 5.88. The van der Waals surface area contributed by atoms with Crippen molar-refractivity contribution in [1.29, 1.82) is 0 Å². The summed E-state index contributed by atoms with van der Waals surface area (Å²) in [6, 6.07) is 12.6. The molecule has 0 bridgehead atoms. The monoisotopic (exact) mass is 368 g/mol. The summed E-state index contributed by atoms with van der Waals surface area (Å²) in [5.74, 6) is 0.877. The van der Waals surface area contributed by atoms with Gasteiger partial charge in [0.2, 0.25) is 11.7 Å². The normalized spacial score (nSPS) is 11.2. The molecule has 8 heteroatoms. The van der Waals surface area contributed by atoms with Crippen molar-refractivity contribution in [2.45, 2.75) is 6.42 Å². The topological polar surface area (TPSA) is 93.8 Å². The molecule has 2 heterocycles. The summed E-state index contributed by atoms with van der Waals surface area (Å²) in [7, 11) is 1.55. The molecule has 130 valence electrons. The third kappa shape index (κ3) is 2.93. The highest BCUT2D eigenvalue weighted by Crippen LogP contribution is 2.21. The highest BCUT2D eigenvalue weighted by atomic mass is 35.5. The first-order valence-electron chi connectivity index (χ1n) is 7.82. The molecule has 0 aliphatic rings. The van der Waals surface area contributed by atoms with Gasteiger partial charge in [-0.05, 0) is 35.9 Å². The van der Waals surface area contributed by atoms with E-state index in [9.17, 15) is 9.59 Å². The fraction of sp³-hybridized carbons (Fsp3) is 0.111. The lowest BCUT2D eigenvalue weighted by Gasteiger charge is -2.04. The second-order valence-electron chi connectivity index (χ2n) is 5.87. The molecule has 0 saturated carbocycles. The molecule has 7 nitrogen and oxygen atoms in total. The second kappa shape index (κ2) is 6.27. The molecule has 0 fully saturated rings. The molecule has 0 saturated heterocycles. The van der Waals surface area contributed by atoms with Crippen LogP contribution in [0.1, 0.15) is 11.5 Å². The Kier molecular flexibility index (Phi) is 3.93. The highest BCUT2D eigenvalue weighted by Gasteiger charge is 2.12. The predicted octanol–water partition coefficient (Wildman–Crippen LogP) is 2.52. The average Bonchev–Trinajstić information content (AvgIpc) is 3.10. The Labute approximate surface area is 151 Å². The first-order valence-corrected chi connectivity index (χ1v) is 8.19. The number of nitrogens with zero attached hydrogens (tertiary/aromatic N) is 3. The van der Waals surface area contributed by atoms with E-state index in [-0.39, 0.29) is 0 Å². The van der Waals surface area contributed by atoms with Gasteiger partial charge in [-0.25, -0.2) is 0 Å². The van der Waals surface area contributed by atoms with E-state index >= 15 is 0 Å². The lowest BCUT2D eigenvalue weighted by Crippen LogP contribution is -2.34. The molecule has 0 radical (unpaired) electrons. The predicted molar refractivity (Wildman–Crippen MR) is 97.4 cm³/mol. The number of aromatic nitrogens is 4. The molecule has 2 aromatic heterocycles. The van der Waals surface area contributed by atoms with Crippen LogP contribution in [0, 0.1) is 0 Å². The molecular weight excluding hydrogens is 356 g/mol. The first kappa shape index (κ1) is 16.3. The van der Waals surface area contributed by atoms with Crippen LogP contribution in [0.25, 0.3) is 22.4 Å². The van der Waals surface area contributed by atoms with Gasteiger partial charge < -0.3 is 14.1 Å². The van der Waals surface area contributed by atoms with Gasteiger partial charge in [-0.1, -0.05) is 28.9 Å². The van der Waals surface area contributed by atoms with Crippen LogP contribution in [0.15, 0.2) is 56.6 Å². The van der Waals surface area contributed by atoms with Crippen LogP contribution >= 0.6 is 11.6 Å². The number of aromatic amines is 1. The molecule has 1 N–H and O–H groups in total. The van der Waals surface area contributed by atoms with E-state index in [1.54, 1.807) is 37.4 Å². The van der Waals surface area contributed by atoms with Crippen molar-refractivity contribution in [2.75, 3.05) is 0 Å². The molecule has 4 aromatic rings. The smallest absolute Gasteiger partial charge is 0.316 e. The van der Waals surface area contributed by atoms with Crippen LogP contribution in [-0.2, 0) is 13.5 Å². The van der Waals surface area contributed by atoms with E-state index in [1.165, 1.54) is 4.57 Å². The third-order valence-electron chi connectivity index (χ3n) is 4.10. The minimum absolute atomic E-state index is 0.408. The first-order chi connectivity index (χ1) is 12.5. The van der Waals surface area contributed by atoms with Gasteiger partial charge >= 0.3 is 11.1 Å². The summed E-state index contributed by atoms with van der Waals surface area (Å²) in [5, 5.41) is 4.66. The Hall–Kier alpha value is -3.19. The highest BCUT2D eigenvalue weighted by molar-refractivity contribution is 6.30. The number of aryl methyl sites for hydroxylation is 1. The van der Waals surface area contributed by atoms with Gasteiger partial charge in [-0.3, -0.25) is 9.59 Å². The van der Waals surface area contributed by atoms with E-state index < -0.39 is 11.1 Å². The minimum atomic E-state index is -0.673. The van der Waals surface area contributed by atoms with E-state index in [1.807, 2.05) is 12.1 Å². The van der Waals surface area contributed by atoms with Crippen molar-refractivity contribution < 1.29 is 4.52 Å². The average molecular weight is 369 g/mol. The fourth-order valence-corrected chi connectivity index (χ4v) is 2.85. The number of benzene rings is 2. The van der Waals surface area contributed by atoms with E-state index in [4.69, 9.17) is 16.1 Å². The fourth-order valence-electron chi connectivity index (χ4n) is 2.73. The molecule has 0 amide bonds. The molecule has 26 heavy (non-hydrogen) atoms. The Morgan fingerprint density at radius 3 is 2.69 bits per heavy atom. The molecular formula is C18H13ClN4O3. The van der Waals surface area contributed by atoms with Crippen LogP contribution in [0.5, 0.6) is 0 Å². The van der Waals surface area contributed by atoms with Crippen molar-refractivity contribution in [3.8, 4) is 11.4 Å². The van der Waals surface area contributed by atoms with E-state index in [0.717, 1.165) is 5.56 Å². The van der Waals surface area contributed by atoms with Crippen molar-refractivity contribution in [3.05, 3.63) is 79.6 Å². The Morgan fingerprint density at radius 2 is 1.92 bits per heavy atom. The molecule has 0 unspecified atom stereocenters. The number of fused-ring (bicyclic) bond motifs is 1. The number of rotatable bonds is 3. The van der Waals surface area contributed by atoms with Gasteiger partial charge in [0.15, 0.2) is 0 Å². The molecule has 4 rings (SSSR count). The van der Waals surface area contributed by atoms with Crippen molar-refractivity contribution in [2.24, 2.45) is 7.05 Å². The number of nitrogens with one attached hydrogen (secondary N) is 1. The number of H-pyrrole nitrogens is 1. The molecule has 0 atom stereocenters. The summed E-state index contributed by atoms with van der Waals surface area (Å²) < 4.78 is 6.62. The largest absolute Gasteiger partial charge is 0.339 e. The number of hydrogen-bond donors (Lipinski definition) is 1. The van der Waals surface area contributed by atoms with Crippen molar-refractivity contribution >= 4 is 22.6 Å². The molecule has 0 spiro atoms. The van der Waals surface area contributed by atoms with Crippen LogP contribution < -0.4 is 11.1 Å². The van der Waals surface area contributed by atoms with Gasteiger partial charge in [0, 0.05) is 17.6 Å². The maximum Gasteiger partial charge on any atom is 0.316 e. The Bertz CT molecular complexity index is 1220. The lowest BCUT2D eigenvalue weighted by molar-refractivity contribution is 0.385. The van der Waals surface area contributed by atoms with Gasteiger partial charge in [0.1, 0.15) is 0 Å². The molecule has 2 aromatic carbocycles. The Balaban J connectivity index is 1.69. The zero-order valence-corrected chi connectivity index (χ0v) is 14.4. The van der Waals surface area contributed by atoms with Crippen LogP contribution in [0.4, 0.5) is 0 Å². The summed E-state index contributed by atoms with van der Waals surface area (Å²) in [6.07, 6.45) is 0.489. The third-order valence-corrected chi connectivity index (χ3v) is 4.35. The van der Waals surface area contributed by atoms with Gasteiger partial charge in [0.05, 0.1) is 17.5 Å². The van der Waals surface area contributed by atoms with Crippen molar-refractivity contribution in [3.63, 3.8) is 0 Å². The standard InChI is InChI=1S/C18H13ClN4O3/c1-23-14-7-4-11(9-13(14)20-17(24)18(23)25)16-21-15(26-22-16)8-10-2-5-12(19)6-3-10/h2-7,9H,8H2,1H3,(H,20,24). The second-order valence-corrected chi connectivity index (χ2v) is 6.30. The lowest BCUT2D eigenvalue weighted by atomic mass is 10.1. The van der Waals surface area contributed by atoms with Crippen LogP contribution in [-0.4, -0.2) is 19.7 Å². The minimum Gasteiger partial charge on any atom is -0.339 e. The van der Waals surface area contributed by atoms with E-state index in [2.05, 4.69) is 15.1 Å². The van der Waals surface area contributed by atoms with Crippen molar-refractivity contribution in [1.82, 2.24) is 19.7 Å². The summed E-state index contributed by atoms with van der Waals surface area (Å²) in [4.78, 5) is 30.4. The maximum atomic E-state index is 11.7.